The van der Waals surface area contributed by atoms with E-state index in [1.54, 1.807) is 29.7 Å². The van der Waals surface area contributed by atoms with Crippen molar-refractivity contribution in [3.8, 4) is 11.3 Å². The summed E-state index contributed by atoms with van der Waals surface area (Å²) in [6.07, 6.45) is 4.52. The number of benzene rings is 1. The fourth-order valence-electron chi connectivity index (χ4n) is 2.11. The van der Waals surface area contributed by atoms with Crippen molar-refractivity contribution >= 4 is 11.3 Å². The largest absolute Gasteiger partial charge is 0.312 e. The highest BCUT2D eigenvalue weighted by molar-refractivity contribution is 7.09. The number of hydrogen-bond acceptors (Lipinski definition) is 4. The average molecular weight is 313 g/mol. The summed E-state index contributed by atoms with van der Waals surface area (Å²) in [5.41, 5.74) is 3.04. The van der Waals surface area contributed by atoms with E-state index in [-0.39, 0.29) is 5.82 Å². The summed E-state index contributed by atoms with van der Waals surface area (Å²) in [6, 6.07) is 10.4. The van der Waals surface area contributed by atoms with E-state index in [0.717, 1.165) is 35.8 Å². The predicted molar refractivity (Wildman–Crippen MR) is 87.2 cm³/mol. The van der Waals surface area contributed by atoms with Crippen molar-refractivity contribution in [1.29, 1.82) is 0 Å². The zero-order valence-corrected chi connectivity index (χ0v) is 12.8. The monoisotopic (exact) mass is 313 g/mol. The summed E-state index contributed by atoms with van der Waals surface area (Å²) in [5.74, 6) is -0.223. The van der Waals surface area contributed by atoms with Crippen molar-refractivity contribution in [1.82, 2.24) is 15.3 Å². The van der Waals surface area contributed by atoms with Crippen LogP contribution in [0, 0.1) is 5.82 Å². The quantitative estimate of drug-likeness (QED) is 0.706. The molecule has 3 rings (SSSR count). The first-order valence-electron chi connectivity index (χ1n) is 7.11. The third-order valence-electron chi connectivity index (χ3n) is 3.26. The molecule has 0 radical (unpaired) electrons. The predicted octanol–water partition coefficient (Wildman–Crippen LogP) is 3.68. The second kappa shape index (κ2) is 7.24. The Hall–Kier alpha value is -2.11. The van der Waals surface area contributed by atoms with E-state index in [0.29, 0.717) is 0 Å². The molecular formula is C17H16FN3S. The lowest BCUT2D eigenvalue weighted by Gasteiger charge is -2.02. The molecule has 112 valence electrons. The van der Waals surface area contributed by atoms with Gasteiger partial charge < -0.3 is 5.32 Å². The lowest BCUT2D eigenvalue weighted by Crippen LogP contribution is -2.16. The van der Waals surface area contributed by atoms with E-state index in [4.69, 9.17) is 0 Å². The van der Waals surface area contributed by atoms with Crippen molar-refractivity contribution in [2.45, 2.75) is 13.0 Å². The topological polar surface area (TPSA) is 37.8 Å². The Labute approximate surface area is 132 Å². The standard InChI is InChI=1S/C17H16FN3S/c18-15-5-3-14(4-6-15)16-12-22-17(21-16)7-9-20-11-13-2-1-8-19-10-13/h1-6,8,10,12,20H,7,9,11H2. The molecule has 0 aliphatic heterocycles. The molecule has 1 N–H and O–H groups in total. The summed E-state index contributed by atoms with van der Waals surface area (Å²) >= 11 is 1.64. The molecule has 0 amide bonds. The van der Waals surface area contributed by atoms with Crippen LogP contribution in [0.25, 0.3) is 11.3 Å². The molecule has 0 bridgehead atoms. The first-order chi connectivity index (χ1) is 10.8. The highest BCUT2D eigenvalue weighted by atomic mass is 32.1. The number of hydrogen-bond donors (Lipinski definition) is 1. The van der Waals surface area contributed by atoms with Crippen LogP contribution in [-0.4, -0.2) is 16.5 Å². The van der Waals surface area contributed by atoms with Crippen LogP contribution in [0.15, 0.2) is 54.2 Å². The van der Waals surface area contributed by atoms with Gasteiger partial charge in [-0.15, -0.1) is 11.3 Å². The SMILES string of the molecule is Fc1ccc(-c2csc(CCNCc3cccnc3)n2)cc1. The number of halogens is 1. The van der Waals surface area contributed by atoms with E-state index in [9.17, 15) is 4.39 Å². The molecule has 5 heteroatoms. The summed E-state index contributed by atoms with van der Waals surface area (Å²) in [4.78, 5) is 8.69. The average Bonchev–Trinajstić information content (AvgIpc) is 3.02. The van der Waals surface area contributed by atoms with Crippen LogP contribution in [0.5, 0.6) is 0 Å². The van der Waals surface area contributed by atoms with Crippen LogP contribution < -0.4 is 5.32 Å². The maximum Gasteiger partial charge on any atom is 0.123 e. The van der Waals surface area contributed by atoms with Gasteiger partial charge in [-0.05, 0) is 35.9 Å². The number of nitrogens with one attached hydrogen (secondary N) is 1. The van der Waals surface area contributed by atoms with E-state index in [1.165, 1.54) is 17.7 Å². The van der Waals surface area contributed by atoms with E-state index < -0.39 is 0 Å². The Morgan fingerprint density at radius 2 is 2.00 bits per heavy atom. The summed E-state index contributed by atoms with van der Waals surface area (Å²) in [5, 5.41) is 6.48. The van der Waals surface area contributed by atoms with Gasteiger partial charge >= 0.3 is 0 Å². The molecule has 0 unspecified atom stereocenters. The van der Waals surface area contributed by atoms with Gasteiger partial charge in [0.1, 0.15) is 5.82 Å². The highest BCUT2D eigenvalue weighted by Crippen LogP contribution is 2.22. The lowest BCUT2D eigenvalue weighted by atomic mass is 10.2. The smallest absolute Gasteiger partial charge is 0.123 e. The highest BCUT2D eigenvalue weighted by Gasteiger charge is 2.04. The maximum atomic E-state index is 12.9. The van der Waals surface area contributed by atoms with Crippen molar-refractivity contribution in [3.05, 3.63) is 70.6 Å². The Kier molecular flexibility index (Phi) is 4.88. The Bertz CT molecular complexity index is 710. The molecule has 2 heterocycles. The van der Waals surface area contributed by atoms with Gasteiger partial charge in [0, 0.05) is 42.8 Å². The van der Waals surface area contributed by atoms with Crippen molar-refractivity contribution in [2.24, 2.45) is 0 Å². The molecule has 0 saturated carbocycles. The van der Waals surface area contributed by atoms with Gasteiger partial charge in [-0.3, -0.25) is 4.98 Å². The molecule has 1 aromatic carbocycles. The minimum atomic E-state index is -0.223. The Morgan fingerprint density at radius 3 is 2.77 bits per heavy atom. The fourth-order valence-corrected chi connectivity index (χ4v) is 2.92. The van der Waals surface area contributed by atoms with Crippen molar-refractivity contribution < 1.29 is 4.39 Å². The summed E-state index contributed by atoms with van der Waals surface area (Å²) < 4.78 is 12.9. The first-order valence-corrected chi connectivity index (χ1v) is 7.99. The van der Waals surface area contributed by atoms with Gasteiger partial charge in [-0.2, -0.15) is 0 Å². The van der Waals surface area contributed by atoms with E-state index >= 15 is 0 Å². The van der Waals surface area contributed by atoms with Crippen molar-refractivity contribution in [3.63, 3.8) is 0 Å². The maximum absolute atomic E-state index is 12.9. The van der Waals surface area contributed by atoms with Crippen LogP contribution in [0.2, 0.25) is 0 Å². The lowest BCUT2D eigenvalue weighted by molar-refractivity contribution is 0.628. The normalized spacial score (nSPS) is 10.8. The molecule has 0 aliphatic carbocycles. The molecule has 0 fully saturated rings. The molecule has 2 aromatic heterocycles. The molecule has 22 heavy (non-hydrogen) atoms. The van der Waals surface area contributed by atoms with Gasteiger partial charge in [0.2, 0.25) is 0 Å². The van der Waals surface area contributed by atoms with E-state index in [1.807, 2.05) is 17.6 Å². The number of aromatic nitrogens is 2. The Morgan fingerprint density at radius 1 is 1.14 bits per heavy atom. The summed E-state index contributed by atoms with van der Waals surface area (Å²) in [7, 11) is 0. The Balaban J connectivity index is 1.50. The number of rotatable bonds is 6. The van der Waals surface area contributed by atoms with Crippen LogP contribution in [0.3, 0.4) is 0 Å². The molecular weight excluding hydrogens is 297 g/mol. The minimum Gasteiger partial charge on any atom is -0.312 e. The van der Waals surface area contributed by atoms with Crippen molar-refractivity contribution in [2.75, 3.05) is 6.54 Å². The number of nitrogens with zero attached hydrogens (tertiary/aromatic N) is 2. The summed E-state index contributed by atoms with van der Waals surface area (Å²) in [6.45, 7) is 1.68. The van der Waals surface area contributed by atoms with Crippen LogP contribution >= 0.6 is 11.3 Å². The number of pyridine rings is 1. The van der Waals surface area contributed by atoms with Gasteiger partial charge in [-0.25, -0.2) is 9.37 Å². The van der Waals surface area contributed by atoms with E-state index in [2.05, 4.69) is 21.4 Å². The van der Waals surface area contributed by atoms with Gasteiger partial charge in [0.05, 0.1) is 10.7 Å². The molecule has 3 nitrogen and oxygen atoms in total. The second-order valence-corrected chi connectivity index (χ2v) is 5.86. The zero-order valence-electron chi connectivity index (χ0n) is 12.0. The minimum absolute atomic E-state index is 0.223. The van der Waals surface area contributed by atoms with Gasteiger partial charge in [-0.1, -0.05) is 6.07 Å². The molecule has 0 saturated heterocycles. The van der Waals surface area contributed by atoms with Gasteiger partial charge in [0.25, 0.3) is 0 Å². The fraction of sp³-hybridized carbons (Fsp3) is 0.176. The van der Waals surface area contributed by atoms with Crippen LogP contribution in [0.1, 0.15) is 10.6 Å². The van der Waals surface area contributed by atoms with Gasteiger partial charge in [0.15, 0.2) is 0 Å². The molecule has 0 atom stereocenters. The third-order valence-corrected chi connectivity index (χ3v) is 4.17. The first kappa shape index (κ1) is 14.8. The molecule has 3 aromatic rings. The number of thiazole rings is 1. The molecule has 0 aliphatic rings. The molecule has 0 spiro atoms. The second-order valence-electron chi connectivity index (χ2n) is 4.92. The van der Waals surface area contributed by atoms with Crippen LogP contribution in [-0.2, 0) is 13.0 Å². The van der Waals surface area contributed by atoms with Crippen LogP contribution in [0.4, 0.5) is 4.39 Å². The third kappa shape index (κ3) is 3.96. The zero-order chi connectivity index (χ0) is 15.2.